The van der Waals surface area contributed by atoms with Crippen LogP contribution in [-0.4, -0.2) is 13.1 Å². The van der Waals surface area contributed by atoms with E-state index in [2.05, 4.69) is 17.8 Å². The van der Waals surface area contributed by atoms with Gasteiger partial charge >= 0.3 is 55.7 Å². The van der Waals surface area contributed by atoms with E-state index in [4.69, 9.17) is 5.90 Å². The Kier molecular flexibility index (Phi) is 5.22. The second-order valence-electron chi connectivity index (χ2n) is 1.80. The van der Waals surface area contributed by atoms with Crippen molar-refractivity contribution in [2.75, 3.05) is 0 Å². The molecule has 0 bridgehead atoms. The number of hydrogen-bond donors (Lipinski definition) is 1. The first-order valence-corrected chi connectivity index (χ1v) is 3.00. The van der Waals surface area contributed by atoms with Crippen LogP contribution >= 0.6 is 0 Å². The second-order valence-corrected chi connectivity index (χ2v) is 1.80. The fourth-order valence-corrected chi connectivity index (χ4v) is 0.537. The number of hydrogen-bond acceptors (Lipinski definition) is 2. The fraction of sp³-hybridized carbons (Fsp3) is 0.500. The quantitative estimate of drug-likeness (QED) is 0.444. The van der Waals surface area contributed by atoms with Crippen molar-refractivity contribution in [1.82, 2.24) is 0 Å². The van der Waals surface area contributed by atoms with Crippen LogP contribution in [0, 0.1) is 0 Å². The maximum atomic E-state index is 4.76. The molecule has 9 heavy (non-hydrogen) atoms. The third-order valence-electron chi connectivity index (χ3n) is 0.936. The van der Waals surface area contributed by atoms with Gasteiger partial charge in [-0.25, -0.2) is 0 Å². The van der Waals surface area contributed by atoms with Gasteiger partial charge in [0.1, 0.15) is 0 Å². The standard InChI is InChI=1S/C6H12BNO/c1-3-4-6(2)5-7-9-8/h4-5H,3,8H2,1-2H3. The van der Waals surface area contributed by atoms with E-state index in [-0.39, 0.29) is 0 Å². The third-order valence-corrected chi connectivity index (χ3v) is 0.936. The molecule has 0 aliphatic rings. The molecule has 0 rings (SSSR count). The van der Waals surface area contributed by atoms with Gasteiger partial charge in [0.25, 0.3) is 0 Å². The van der Waals surface area contributed by atoms with E-state index in [1.54, 1.807) is 0 Å². The number of nitrogens with two attached hydrogens (primary N) is 1. The van der Waals surface area contributed by atoms with Crippen LogP contribution in [0.4, 0.5) is 0 Å². The van der Waals surface area contributed by atoms with Crippen LogP contribution in [0.5, 0.6) is 0 Å². The summed E-state index contributed by atoms with van der Waals surface area (Å²) in [6.45, 7) is 4.08. The van der Waals surface area contributed by atoms with Gasteiger partial charge in [0, 0.05) is 0 Å². The van der Waals surface area contributed by atoms with Gasteiger partial charge in [-0.15, -0.1) is 0 Å². The molecule has 0 fully saturated rings. The Labute approximate surface area is 56.6 Å². The normalized spacial score (nSPS) is 11.7. The molecule has 0 radical (unpaired) electrons. The van der Waals surface area contributed by atoms with Gasteiger partial charge in [-0.1, -0.05) is 0 Å². The molecular formula is C6H12BNO. The zero-order chi connectivity index (χ0) is 7.11. The van der Waals surface area contributed by atoms with Gasteiger partial charge < -0.3 is 0 Å². The Morgan fingerprint density at radius 1 is 1.78 bits per heavy atom. The summed E-state index contributed by atoms with van der Waals surface area (Å²) in [6, 6.07) is 0. The summed E-state index contributed by atoms with van der Waals surface area (Å²) in [4.78, 5) is 0. The van der Waals surface area contributed by atoms with E-state index in [1.807, 2.05) is 12.9 Å². The Bertz CT molecular complexity index is 120. The monoisotopic (exact) mass is 125 g/mol. The summed E-state index contributed by atoms with van der Waals surface area (Å²) >= 11 is 0. The molecule has 0 aromatic rings. The van der Waals surface area contributed by atoms with E-state index in [1.165, 1.54) is 12.7 Å². The molecule has 0 aromatic carbocycles. The average molecular weight is 125 g/mol. The maximum absolute atomic E-state index is 4.76. The Morgan fingerprint density at radius 2 is 2.44 bits per heavy atom. The van der Waals surface area contributed by atoms with Crippen molar-refractivity contribution in [1.29, 1.82) is 0 Å². The van der Waals surface area contributed by atoms with Gasteiger partial charge in [0.15, 0.2) is 0 Å². The predicted octanol–water partition coefficient (Wildman–Crippen LogP) is 0.654. The SMILES string of the molecule is CCC=C(C)C=BON. The Balaban J connectivity index is 3.60. The summed E-state index contributed by atoms with van der Waals surface area (Å²) in [5.74, 6) is 6.58. The molecule has 50 valence electrons. The first kappa shape index (κ1) is 8.43. The van der Waals surface area contributed by atoms with Gasteiger partial charge in [0.05, 0.1) is 0 Å². The summed E-state index contributed by atoms with van der Waals surface area (Å²) in [7, 11) is 1.46. The van der Waals surface area contributed by atoms with Gasteiger partial charge in [-0.05, 0) is 0 Å². The molecule has 0 heterocycles. The average Bonchev–Trinajstić information content (AvgIpc) is 1.85. The number of allylic oxidation sites excluding steroid dienone is 2. The molecule has 0 spiro atoms. The van der Waals surface area contributed by atoms with Crippen molar-refractivity contribution < 1.29 is 4.76 Å². The minimum absolute atomic E-state index is 1.04. The Morgan fingerprint density at radius 3 is 2.89 bits per heavy atom. The van der Waals surface area contributed by atoms with Gasteiger partial charge in [-0.3, -0.25) is 0 Å². The van der Waals surface area contributed by atoms with Crippen LogP contribution in [0.25, 0.3) is 0 Å². The molecule has 0 aliphatic heterocycles. The molecule has 3 heteroatoms. The fourth-order valence-electron chi connectivity index (χ4n) is 0.537. The van der Waals surface area contributed by atoms with Crippen molar-refractivity contribution >= 4 is 13.1 Å². The minimum atomic E-state index is 1.04. The molecule has 0 saturated carbocycles. The van der Waals surface area contributed by atoms with E-state index in [0.29, 0.717) is 0 Å². The zero-order valence-electron chi connectivity index (χ0n) is 5.92. The topological polar surface area (TPSA) is 35.2 Å². The summed E-state index contributed by atoms with van der Waals surface area (Å²) in [5, 5.41) is 0. The molecule has 0 amide bonds. The molecule has 2 nitrogen and oxygen atoms in total. The van der Waals surface area contributed by atoms with Crippen molar-refractivity contribution in [3.8, 4) is 0 Å². The van der Waals surface area contributed by atoms with Crippen molar-refractivity contribution in [3.05, 3.63) is 11.6 Å². The molecule has 0 saturated heterocycles. The molecule has 0 unspecified atom stereocenters. The van der Waals surface area contributed by atoms with Crippen molar-refractivity contribution in [2.24, 2.45) is 5.90 Å². The first-order valence-electron chi connectivity index (χ1n) is 3.00. The van der Waals surface area contributed by atoms with E-state index < -0.39 is 0 Å². The first-order chi connectivity index (χ1) is 4.31. The number of rotatable bonds is 3. The van der Waals surface area contributed by atoms with Crippen LogP contribution in [0.3, 0.4) is 0 Å². The van der Waals surface area contributed by atoms with E-state index in [0.717, 1.165) is 6.42 Å². The molecule has 0 aromatic heterocycles. The third kappa shape index (κ3) is 5.30. The molecule has 0 aliphatic carbocycles. The second kappa shape index (κ2) is 5.57. The van der Waals surface area contributed by atoms with Gasteiger partial charge in [0.2, 0.25) is 0 Å². The van der Waals surface area contributed by atoms with E-state index in [9.17, 15) is 0 Å². The zero-order valence-corrected chi connectivity index (χ0v) is 5.92. The summed E-state index contributed by atoms with van der Waals surface area (Å²) in [6.07, 6.45) is 3.14. The van der Waals surface area contributed by atoms with Crippen LogP contribution in [0.1, 0.15) is 20.3 Å². The molecule has 0 atom stereocenters. The van der Waals surface area contributed by atoms with Crippen LogP contribution in [0.2, 0.25) is 0 Å². The van der Waals surface area contributed by atoms with Crippen LogP contribution in [0.15, 0.2) is 11.6 Å². The Hall–Kier alpha value is -0.565. The van der Waals surface area contributed by atoms with Crippen LogP contribution < -0.4 is 5.90 Å². The van der Waals surface area contributed by atoms with Crippen molar-refractivity contribution in [2.45, 2.75) is 20.3 Å². The van der Waals surface area contributed by atoms with Gasteiger partial charge in [-0.2, -0.15) is 0 Å². The van der Waals surface area contributed by atoms with Crippen LogP contribution in [-0.2, 0) is 4.76 Å². The molecular weight excluding hydrogens is 113 g/mol. The summed E-state index contributed by atoms with van der Waals surface area (Å²) < 4.78 is 4.24. The summed E-state index contributed by atoms with van der Waals surface area (Å²) in [5.41, 5.74) is 1.17. The van der Waals surface area contributed by atoms with Crippen molar-refractivity contribution in [3.63, 3.8) is 0 Å². The van der Waals surface area contributed by atoms with E-state index >= 15 is 0 Å². The molecule has 2 N–H and O–H groups in total. The predicted molar refractivity (Wildman–Crippen MR) is 41.1 cm³/mol.